The Hall–Kier alpha value is -0.0800. The molecule has 2 rings (SSSR count). The molecule has 0 aromatic heterocycles. The number of hydrogen-bond donors (Lipinski definition) is 2. The van der Waals surface area contributed by atoms with Crippen LogP contribution >= 0.6 is 0 Å². The van der Waals surface area contributed by atoms with Crippen LogP contribution in [-0.2, 0) is 0 Å². The predicted octanol–water partition coefficient (Wildman–Crippen LogP) is 3.10. The third-order valence-corrected chi connectivity index (χ3v) is 4.79. The summed E-state index contributed by atoms with van der Waals surface area (Å²) in [6.45, 7) is 1.57. The van der Waals surface area contributed by atoms with Gasteiger partial charge in [-0.15, -0.1) is 0 Å². The Morgan fingerprint density at radius 3 is 2.24 bits per heavy atom. The summed E-state index contributed by atoms with van der Waals surface area (Å²) in [7, 11) is 0. The first-order valence-electron chi connectivity index (χ1n) is 7.74. The van der Waals surface area contributed by atoms with E-state index in [4.69, 9.17) is 0 Å². The Morgan fingerprint density at radius 1 is 0.824 bits per heavy atom. The van der Waals surface area contributed by atoms with Gasteiger partial charge in [0.05, 0.1) is 0 Å². The van der Waals surface area contributed by atoms with Gasteiger partial charge in [0, 0.05) is 12.6 Å². The molecule has 0 spiro atoms. The molecule has 17 heavy (non-hydrogen) atoms. The van der Waals surface area contributed by atoms with Crippen LogP contribution in [-0.4, -0.2) is 24.3 Å². The molecule has 0 amide bonds. The molecule has 2 fully saturated rings. The van der Waals surface area contributed by atoms with Crippen molar-refractivity contribution in [1.82, 2.24) is 5.32 Å². The van der Waals surface area contributed by atoms with Crippen molar-refractivity contribution in [2.24, 2.45) is 11.8 Å². The van der Waals surface area contributed by atoms with Crippen LogP contribution in [0.4, 0.5) is 0 Å². The van der Waals surface area contributed by atoms with Gasteiger partial charge in [0.2, 0.25) is 0 Å². The molecule has 100 valence electrons. The third kappa shape index (κ3) is 4.26. The fourth-order valence-electron chi connectivity index (χ4n) is 3.59. The van der Waals surface area contributed by atoms with Crippen LogP contribution in [0, 0.1) is 11.8 Å². The average molecular weight is 239 g/mol. The summed E-state index contributed by atoms with van der Waals surface area (Å²) in [5.74, 6) is 1.43. The number of hydrogen-bond acceptors (Lipinski definition) is 2. The molecule has 2 saturated carbocycles. The highest BCUT2D eigenvalue weighted by molar-refractivity contribution is 4.83. The number of rotatable bonds is 4. The minimum absolute atomic E-state index is 0.377. The highest BCUT2D eigenvalue weighted by Gasteiger charge is 2.26. The molecular weight excluding hydrogens is 210 g/mol. The van der Waals surface area contributed by atoms with E-state index in [1.54, 1.807) is 0 Å². The second-order valence-corrected chi connectivity index (χ2v) is 6.10. The van der Waals surface area contributed by atoms with Crippen LogP contribution in [0.2, 0.25) is 0 Å². The van der Waals surface area contributed by atoms with E-state index in [-0.39, 0.29) is 0 Å². The zero-order valence-corrected chi connectivity index (χ0v) is 11.2. The zero-order valence-electron chi connectivity index (χ0n) is 11.2. The Morgan fingerprint density at radius 2 is 1.53 bits per heavy atom. The Balaban J connectivity index is 1.68. The molecule has 2 aliphatic rings. The maximum absolute atomic E-state index is 9.32. The molecule has 2 unspecified atom stereocenters. The Kier molecular flexibility index (Phi) is 5.79. The lowest BCUT2D eigenvalue weighted by Gasteiger charge is -2.24. The second kappa shape index (κ2) is 7.38. The topological polar surface area (TPSA) is 32.3 Å². The van der Waals surface area contributed by atoms with E-state index in [1.165, 1.54) is 70.8 Å². The van der Waals surface area contributed by atoms with Gasteiger partial charge in [0.15, 0.2) is 0 Å². The van der Waals surface area contributed by atoms with E-state index in [9.17, 15) is 5.11 Å². The van der Waals surface area contributed by atoms with Crippen molar-refractivity contribution in [3.63, 3.8) is 0 Å². The van der Waals surface area contributed by atoms with Gasteiger partial charge in [-0.05, 0) is 44.1 Å². The van der Waals surface area contributed by atoms with E-state index in [0.29, 0.717) is 18.6 Å². The van der Waals surface area contributed by atoms with Gasteiger partial charge in [-0.25, -0.2) is 0 Å². The zero-order chi connectivity index (χ0) is 11.9. The monoisotopic (exact) mass is 239 g/mol. The summed E-state index contributed by atoms with van der Waals surface area (Å²) in [4.78, 5) is 0. The van der Waals surface area contributed by atoms with Crippen LogP contribution in [0.3, 0.4) is 0 Å². The largest absolute Gasteiger partial charge is 0.396 e. The van der Waals surface area contributed by atoms with E-state index >= 15 is 0 Å². The molecule has 2 nitrogen and oxygen atoms in total. The summed E-state index contributed by atoms with van der Waals surface area (Å²) in [6, 6.07) is 0.602. The first-order chi connectivity index (χ1) is 8.40. The maximum Gasteiger partial charge on any atom is 0.0474 e. The van der Waals surface area contributed by atoms with Gasteiger partial charge in [-0.3, -0.25) is 0 Å². The molecule has 0 radical (unpaired) electrons. The van der Waals surface area contributed by atoms with Gasteiger partial charge in [-0.2, -0.15) is 0 Å². The third-order valence-electron chi connectivity index (χ3n) is 4.79. The van der Waals surface area contributed by atoms with Crippen molar-refractivity contribution < 1.29 is 5.11 Å². The summed E-state index contributed by atoms with van der Waals surface area (Å²) in [6.07, 6.45) is 13.8. The number of aliphatic hydroxyl groups is 1. The Bertz CT molecular complexity index is 199. The lowest BCUT2D eigenvalue weighted by molar-refractivity contribution is 0.200. The normalized spacial score (nSPS) is 32.3. The standard InChI is InChI=1S/C15H29NO/c17-12-14-9-6-10-15(14)16-11-13-7-4-2-1-3-5-8-13/h13-17H,1-12H2. The highest BCUT2D eigenvalue weighted by atomic mass is 16.3. The number of nitrogens with one attached hydrogen (secondary N) is 1. The Labute approximate surface area is 106 Å². The summed E-state index contributed by atoms with van der Waals surface area (Å²) >= 11 is 0. The fraction of sp³-hybridized carbons (Fsp3) is 1.00. The van der Waals surface area contributed by atoms with E-state index in [2.05, 4.69) is 5.32 Å². The fourth-order valence-corrected chi connectivity index (χ4v) is 3.59. The van der Waals surface area contributed by atoms with Gasteiger partial charge in [0.25, 0.3) is 0 Å². The molecule has 2 N–H and O–H groups in total. The van der Waals surface area contributed by atoms with Gasteiger partial charge < -0.3 is 10.4 Å². The lowest BCUT2D eigenvalue weighted by atomic mass is 9.90. The number of aliphatic hydroxyl groups excluding tert-OH is 1. The molecule has 0 bridgehead atoms. The molecule has 0 saturated heterocycles. The summed E-state index contributed by atoms with van der Waals surface area (Å²) in [5, 5.41) is 13.1. The second-order valence-electron chi connectivity index (χ2n) is 6.10. The molecular formula is C15H29NO. The van der Waals surface area contributed by atoms with Crippen molar-refractivity contribution in [2.45, 2.75) is 70.3 Å². The smallest absolute Gasteiger partial charge is 0.0474 e. The van der Waals surface area contributed by atoms with E-state index in [1.807, 2.05) is 0 Å². The molecule has 0 heterocycles. The molecule has 2 aliphatic carbocycles. The van der Waals surface area contributed by atoms with Gasteiger partial charge in [-0.1, -0.05) is 38.5 Å². The van der Waals surface area contributed by atoms with Gasteiger partial charge in [0.1, 0.15) is 0 Å². The average Bonchev–Trinajstić information content (AvgIpc) is 2.75. The predicted molar refractivity (Wildman–Crippen MR) is 72.0 cm³/mol. The minimum Gasteiger partial charge on any atom is -0.396 e. The summed E-state index contributed by atoms with van der Waals surface area (Å²) in [5.41, 5.74) is 0. The van der Waals surface area contributed by atoms with Crippen LogP contribution < -0.4 is 5.32 Å². The first-order valence-corrected chi connectivity index (χ1v) is 7.74. The maximum atomic E-state index is 9.32. The van der Waals surface area contributed by atoms with Crippen molar-refractivity contribution in [3.05, 3.63) is 0 Å². The van der Waals surface area contributed by atoms with Crippen LogP contribution in [0.15, 0.2) is 0 Å². The van der Waals surface area contributed by atoms with E-state index < -0.39 is 0 Å². The van der Waals surface area contributed by atoms with Crippen molar-refractivity contribution in [1.29, 1.82) is 0 Å². The van der Waals surface area contributed by atoms with Crippen LogP contribution in [0.25, 0.3) is 0 Å². The van der Waals surface area contributed by atoms with Crippen molar-refractivity contribution in [3.8, 4) is 0 Å². The molecule has 0 aromatic carbocycles. The minimum atomic E-state index is 0.377. The van der Waals surface area contributed by atoms with E-state index in [0.717, 1.165) is 5.92 Å². The van der Waals surface area contributed by atoms with Crippen LogP contribution in [0.1, 0.15) is 64.2 Å². The quantitative estimate of drug-likeness (QED) is 0.790. The van der Waals surface area contributed by atoms with Crippen LogP contribution in [0.5, 0.6) is 0 Å². The molecule has 0 aromatic rings. The SMILES string of the molecule is OCC1CCCC1NCC1CCCCCCC1. The van der Waals surface area contributed by atoms with Crippen molar-refractivity contribution >= 4 is 0 Å². The molecule has 2 heteroatoms. The summed E-state index contributed by atoms with van der Waals surface area (Å²) < 4.78 is 0. The highest BCUT2D eigenvalue weighted by Crippen LogP contribution is 2.26. The molecule has 2 atom stereocenters. The van der Waals surface area contributed by atoms with Crippen molar-refractivity contribution in [2.75, 3.05) is 13.2 Å². The lowest BCUT2D eigenvalue weighted by Crippen LogP contribution is -2.37. The van der Waals surface area contributed by atoms with Gasteiger partial charge >= 0.3 is 0 Å². The first kappa shape index (κ1) is 13.4. The molecule has 0 aliphatic heterocycles.